The zero-order valence-corrected chi connectivity index (χ0v) is 8.34. The van der Waals surface area contributed by atoms with E-state index in [1.165, 1.54) is 6.92 Å². The number of aliphatic carboxylic acids is 3. The summed E-state index contributed by atoms with van der Waals surface area (Å²) in [6, 6.07) is 0. The molecule has 6 heteroatoms. The van der Waals surface area contributed by atoms with Gasteiger partial charge in [-0.05, 0) is 12.8 Å². The Morgan fingerprint density at radius 2 is 1.40 bits per heavy atom. The Balaban J connectivity index is 3.97. The van der Waals surface area contributed by atoms with Crippen LogP contribution in [0.4, 0.5) is 0 Å². The number of hydrogen-bond acceptors (Lipinski definition) is 3. The van der Waals surface area contributed by atoms with Gasteiger partial charge in [0.15, 0.2) is 5.92 Å². The lowest BCUT2D eigenvalue weighted by atomic mass is 9.98. The fourth-order valence-corrected chi connectivity index (χ4v) is 1.10. The first-order valence-electron chi connectivity index (χ1n) is 4.54. The van der Waals surface area contributed by atoms with Crippen LogP contribution in [0.2, 0.25) is 0 Å². The highest BCUT2D eigenvalue weighted by Gasteiger charge is 2.25. The van der Waals surface area contributed by atoms with Gasteiger partial charge in [-0.3, -0.25) is 14.4 Å². The maximum Gasteiger partial charge on any atom is 0.317 e. The zero-order chi connectivity index (χ0) is 12.0. The monoisotopic (exact) mass is 218 g/mol. The number of carbonyl (C=O) groups is 3. The van der Waals surface area contributed by atoms with Crippen LogP contribution >= 0.6 is 0 Å². The average molecular weight is 218 g/mol. The van der Waals surface area contributed by atoms with E-state index in [2.05, 4.69) is 0 Å². The summed E-state index contributed by atoms with van der Waals surface area (Å²) >= 11 is 0. The van der Waals surface area contributed by atoms with Crippen LogP contribution in [-0.4, -0.2) is 33.2 Å². The van der Waals surface area contributed by atoms with Crippen molar-refractivity contribution in [3.05, 3.63) is 0 Å². The lowest BCUT2D eigenvalue weighted by Crippen LogP contribution is -2.23. The second-order valence-corrected chi connectivity index (χ2v) is 3.40. The number of hydrogen-bond donors (Lipinski definition) is 3. The molecule has 0 aliphatic heterocycles. The average Bonchev–Trinajstić information content (AvgIpc) is 2.10. The summed E-state index contributed by atoms with van der Waals surface area (Å²) in [5, 5.41) is 25.6. The molecule has 0 radical (unpaired) electrons. The molecule has 0 aromatic heterocycles. The van der Waals surface area contributed by atoms with Crippen LogP contribution in [0, 0.1) is 11.8 Å². The van der Waals surface area contributed by atoms with E-state index in [-0.39, 0.29) is 19.3 Å². The molecule has 0 amide bonds. The fourth-order valence-electron chi connectivity index (χ4n) is 1.10. The van der Waals surface area contributed by atoms with Gasteiger partial charge in [0.2, 0.25) is 0 Å². The first-order valence-corrected chi connectivity index (χ1v) is 4.54. The van der Waals surface area contributed by atoms with Gasteiger partial charge in [0.05, 0.1) is 5.92 Å². The summed E-state index contributed by atoms with van der Waals surface area (Å²) in [6.07, 6.45) is 0.519. The van der Waals surface area contributed by atoms with Crippen LogP contribution in [0.5, 0.6) is 0 Å². The van der Waals surface area contributed by atoms with E-state index in [9.17, 15) is 14.4 Å². The van der Waals surface area contributed by atoms with Gasteiger partial charge in [0.25, 0.3) is 0 Å². The highest BCUT2D eigenvalue weighted by atomic mass is 16.4. The Morgan fingerprint density at radius 1 is 0.933 bits per heavy atom. The smallest absolute Gasteiger partial charge is 0.317 e. The van der Waals surface area contributed by atoms with Gasteiger partial charge in [-0.25, -0.2) is 0 Å². The molecular formula is C9H14O6. The van der Waals surface area contributed by atoms with Crippen molar-refractivity contribution in [1.82, 2.24) is 0 Å². The molecule has 0 aromatic rings. The quantitative estimate of drug-likeness (QED) is 0.541. The number of carboxylic acid groups (broad SMARTS) is 3. The van der Waals surface area contributed by atoms with Crippen LogP contribution in [0.1, 0.15) is 26.2 Å². The summed E-state index contributed by atoms with van der Waals surface area (Å²) < 4.78 is 0. The largest absolute Gasteiger partial charge is 0.481 e. The molecule has 0 heterocycles. The van der Waals surface area contributed by atoms with Crippen molar-refractivity contribution in [1.29, 1.82) is 0 Å². The van der Waals surface area contributed by atoms with Crippen molar-refractivity contribution in [2.75, 3.05) is 0 Å². The van der Waals surface area contributed by atoms with Gasteiger partial charge in [-0.1, -0.05) is 13.3 Å². The van der Waals surface area contributed by atoms with Crippen LogP contribution < -0.4 is 0 Å². The molecular weight excluding hydrogens is 204 g/mol. The molecule has 0 spiro atoms. The first-order chi connectivity index (χ1) is 6.86. The van der Waals surface area contributed by atoms with Crippen molar-refractivity contribution in [2.45, 2.75) is 26.2 Å². The molecule has 15 heavy (non-hydrogen) atoms. The molecule has 0 fully saturated rings. The highest BCUT2D eigenvalue weighted by Crippen LogP contribution is 2.13. The SMILES string of the molecule is CC(CCCC(C(=O)O)C(=O)O)C(=O)O. The summed E-state index contributed by atoms with van der Waals surface area (Å²) in [4.78, 5) is 31.3. The molecule has 0 aliphatic rings. The molecule has 6 nitrogen and oxygen atoms in total. The van der Waals surface area contributed by atoms with E-state index >= 15 is 0 Å². The van der Waals surface area contributed by atoms with Crippen molar-refractivity contribution >= 4 is 17.9 Å². The first kappa shape index (κ1) is 13.4. The summed E-state index contributed by atoms with van der Waals surface area (Å²) in [7, 11) is 0. The molecule has 1 unspecified atom stereocenters. The van der Waals surface area contributed by atoms with E-state index in [0.29, 0.717) is 0 Å². The van der Waals surface area contributed by atoms with E-state index in [1.54, 1.807) is 0 Å². The third kappa shape index (κ3) is 4.99. The molecule has 0 rings (SSSR count). The molecule has 0 saturated heterocycles. The van der Waals surface area contributed by atoms with E-state index in [4.69, 9.17) is 15.3 Å². The van der Waals surface area contributed by atoms with E-state index in [1.807, 2.05) is 0 Å². The third-order valence-corrected chi connectivity index (χ3v) is 2.15. The summed E-state index contributed by atoms with van der Waals surface area (Å²) in [5.74, 6) is -5.74. The van der Waals surface area contributed by atoms with Gasteiger partial charge >= 0.3 is 17.9 Å². The second kappa shape index (κ2) is 6.00. The minimum atomic E-state index is -1.44. The third-order valence-electron chi connectivity index (χ3n) is 2.15. The lowest BCUT2D eigenvalue weighted by molar-refractivity contribution is -0.154. The van der Waals surface area contributed by atoms with Gasteiger partial charge < -0.3 is 15.3 Å². The molecule has 1 atom stereocenters. The standard InChI is InChI=1S/C9H14O6/c1-5(7(10)11)3-2-4-6(8(12)13)9(14)15/h5-6H,2-4H2,1H3,(H,10,11)(H,12,13)(H,14,15). The molecule has 0 aliphatic carbocycles. The Kier molecular flexibility index (Phi) is 5.36. The summed E-state index contributed by atoms with van der Waals surface area (Å²) in [6.45, 7) is 1.50. The van der Waals surface area contributed by atoms with Gasteiger partial charge in [0, 0.05) is 0 Å². The van der Waals surface area contributed by atoms with Crippen molar-refractivity contribution < 1.29 is 29.7 Å². The van der Waals surface area contributed by atoms with Crippen LogP contribution in [0.25, 0.3) is 0 Å². The second-order valence-electron chi connectivity index (χ2n) is 3.40. The van der Waals surface area contributed by atoms with E-state index in [0.717, 1.165) is 0 Å². The predicted molar refractivity (Wildman–Crippen MR) is 49.4 cm³/mol. The fraction of sp³-hybridized carbons (Fsp3) is 0.667. The van der Waals surface area contributed by atoms with Gasteiger partial charge in [-0.15, -0.1) is 0 Å². The minimum absolute atomic E-state index is 0.0394. The topological polar surface area (TPSA) is 112 Å². The predicted octanol–water partition coefficient (Wildman–Crippen LogP) is 0.663. The maximum atomic E-state index is 10.5. The molecule has 3 N–H and O–H groups in total. The molecule has 0 aromatic carbocycles. The van der Waals surface area contributed by atoms with E-state index < -0.39 is 29.7 Å². The van der Waals surface area contributed by atoms with Gasteiger partial charge in [0.1, 0.15) is 0 Å². The van der Waals surface area contributed by atoms with Crippen LogP contribution in [-0.2, 0) is 14.4 Å². The Hall–Kier alpha value is -1.59. The van der Waals surface area contributed by atoms with Crippen LogP contribution in [0.15, 0.2) is 0 Å². The lowest BCUT2D eigenvalue weighted by Gasteiger charge is -2.08. The van der Waals surface area contributed by atoms with Crippen LogP contribution in [0.3, 0.4) is 0 Å². The zero-order valence-electron chi connectivity index (χ0n) is 8.34. The normalized spacial score (nSPS) is 12.4. The summed E-state index contributed by atoms with van der Waals surface area (Å²) in [5.41, 5.74) is 0. The van der Waals surface area contributed by atoms with Crippen molar-refractivity contribution in [3.8, 4) is 0 Å². The Bertz CT molecular complexity index is 245. The molecule has 0 bridgehead atoms. The number of carboxylic acids is 3. The maximum absolute atomic E-state index is 10.5. The number of rotatable bonds is 7. The minimum Gasteiger partial charge on any atom is -0.481 e. The Morgan fingerprint density at radius 3 is 1.73 bits per heavy atom. The van der Waals surface area contributed by atoms with Crippen molar-refractivity contribution in [2.24, 2.45) is 11.8 Å². The molecule has 0 saturated carbocycles. The molecule has 86 valence electrons. The van der Waals surface area contributed by atoms with Crippen molar-refractivity contribution in [3.63, 3.8) is 0 Å². The highest BCUT2D eigenvalue weighted by molar-refractivity contribution is 5.92. The Labute approximate surface area is 86.5 Å². The van der Waals surface area contributed by atoms with Gasteiger partial charge in [-0.2, -0.15) is 0 Å².